The van der Waals surface area contributed by atoms with Crippen LogP contribution in [0.4, 0.5) is 32.0 Å². The molecule has 170 valence electrons. The minimum absolute atomic E-state index is 0.0298. The van der Waals surface area contributed by atoms with Gasteiger partial charge in [0.25, 0.3) is 0 Å². The van der Waals surface area contributed by atoms with Crippen LogP contribution in [-0.4, -0.2) is 19.1 Å². The average Bonchev–Trinajstić information content (AvgIpc) is 2.65. The van der Waals surface area contributed by atoms with Gasteiger partial charge in [-0.25, -0.2) is 0 Å². The second kappa shape index (κ2) is 8.15. The summed E-state index contributed by atoms with van der Waals surface area (Å²) in [4.78, 5) is 5.84. The number of benzene rings is 2. The van der Waals surface area contributed by atoms with Crippen LogP contribution in [0.3, 0.4) is 0 Å². The number of aryl methyl sites for hydroxylation is 3. The van der Waals surface area contributed by atoms with E-state index in [4.69, 9.17) is 0 Å². The highest BCUT2D eigenvalue weighted by molar-refractivity contribution is 5.89. The van der Waals surface area contributed by atoms with Gasteiger partial charge < -0.3 is 4.90 Å². The molecule has 0 fully saturated rings. The Bertz CT molecular complexity index is 1140. The third-order valence-corrected chi connectivity index (χ3v) is 5.23. The normalized spacial score (nSPS) is 12.2. The first-order valence-corrected chi connectivity index (χ1v) is 9.74. The van der Waals surface area contributed by atoms with Crippen LogP contribution in [0.2, 0.25) is 0 Å². The topological polar surface area (TPSA) is 16.1 Å². The zero-order chi connectivity index (χ0) is 24.0. The summed E-state index contributed by atoms with van der Waals surface area (Å²) in [6, 6.07) is 7.49. The van der Waals surface area contributed by atoms with Gasteiger partial charge in [0.1, 0.15) is 0 Å². The number of hydrogen-bond donors (Lipinski definition) is 0. The number of anilines is 1. The van der Waals surface area contributed by atoms with Gasteiger partial charge >= 0.3 is 12.4 Å². The zero-order valence-electron chi connectivity index (χ0n) is 18.2. The van der Waals surface area contributed by atoms with E-state index in [0.29, 0.717) is 16.8 Å². The monoisotopic (exact) mass is 452 g/mol. The van der Waals surface area contributed by atoms with Crippen LogP contribution < -0.4 is 4.90 Å². The standard InChI is InChI=1S/C24H22F6N2/c1-13-8-14(2)21(15(3)9-13)22-18(20-12-17(32(4)5)6-7-31-20)10-16(23(25,26)27)11-19(22)24(28,29)30/h6-12H,1-5H3. The lowest BCUT2D eigenvalue weighted by atomic mass is 9.85. The molecule has 0 unspecified atom stereocenters. The van der Waals surface area contributed by atoms with Crippen LogP contribution in [0.15, 0.2) is 42.6 Å². The fourth-order valence-corrected chi connectivity index (χ4v) is 3.92. The molecule has 0 aliphatic rings. The first kappa shape index (κ1) is 23.6. The molecular weight excluding hydrogens is 430 g/mol. The van der Waals surface area contributed by atoms with E-state index in [0.717, 1.165) is 11.6 Å². The Morgan fingerprint density at radius 2 is 1.34 bits per heavy atom. The highest BCUT2D eigenvalue weighted by Gasteiger charge is 2.40. The predicted octanol–water partition coefficient (Wildman–Crippen LogP) is 7.44. The molecule has 8 heteroatoms. The summed E-state index contributed by atoms with van der Waals surface area (Å²) in [5.74, 6) is 0. The number of halogens is 6. The molecular formula is C24H22F6N2. The largest absolute Gasteiger partial charge is 0.417 e. The van der Waals surface area contributed by atoms with Crippen LogP contribution in [-0.2, 0) is 12.4 Å². The summed E-state index contributed by atoms with van der Waals surface area (Å²) in [6.45, 7) is 5.12. The smallest absolute Gasteiger partial charge is 0.378 e. The maximum absolute atomic E-state index is 14.2. The van der Waals surface area contributed by atoms with Crippen molar-refractivity contribution in [2.75, 3.05) is 19.0 Å². The first-order valence-electron chi connectivity index (χ1n) is 9.74. The van der Waals surface area contributed by atoms with E-state index in [1.54, 1.807) is 51.0 Å². The number of rotatable bonds is 3. The third-order valence-electron chi connectivity index (χ3n) is 5.23. The van der Waals surface area contributed by atoms with Crippen molar-refractivity contribution in [3.63, 3.8) is 0 Å². The molecule has 32 heavy (non-hydrogen) atoms. The SMILES string of the molecule is Cc1cc(C)c(-c2c(-c3cc(N(C)C)ccn3)cc(C(F)(F)F)cc2C(F)(F)F)c(C)c1. The molecule has 0 spiro atoms. The lowest BCUT2D eigenvalue weighted by Crippen LogP contribution is -2.14. The highest BCUT2D eigenvalue weighted by Crippen LogP contribution is 2.47. The summed E-state index contributed by atoms with van der Waals surface area (Å²) >= 11 is 0. The fraction of sp³-hybridized carbons (Fsp3) is 0.292. The molecule has 0 aliphatic heterocycles. The summed E-state index contributed by atoms with van der Waals surface area (Å²) in [7, 11) is 3.45. The Kier molecular flexibility index (Phi) is 6.02. The molecule has 2 nitrogen and oxygen atoms in total. The molecule has 0 radical (unpaired) electrons. The van der Waals surface area contributed by atoms with E-state index < -0.39 is 23.5 Å². The van der Waals surface area contributed by atoms with Crippen molar-refractivity contribution in [1.82, 2.24) is 4.98 Å². The predicted molar refractivity (Wildman–Crippen MR) is 114 cm³/mol. The molecule has 0 aliphatic carbocycles. The highest BCUT2D eigenvalue weighted by atomic mass is 19.4. The molecule has 0 N–H and O–H groups in total. The van der Waals surface area contributed by atoms with Gasteiger partial charge in [0.15, 0.2) is 0 Å². The van der Waals surface area contributed by atoms with Crippen LogP contribution in [0.5, 0.6) is 0 Å². The number of aromatic nitrogens is 1. The van der Waals surface area contributed by atoms with Crippen LogP contribution in [0.25, 0.3) is 22.4 Å². The lowest BCUT2D eigenvalue weighted by Gasteiger charge is -2.23. The Hall–Kier alpha value is -3.03. The van der Waals surface area contributed by atoms with Crippen molar-refractivity contribution in [3.8, 4) is 22.4 Å². The summed E-state index contributed by atoms with van der Waals surface area (Å²) in [6.07, 6.45) is -8.59. The maximum atomic E-state index is 14.2. The first-order chi connectivity index (χ1) is 14.7. The molecule has 2 aromatic carbocycles. The van der Waals surface area contributed by atoms with E-state index in [-0.39, 0.29) is 28.5 Å². The van der Waals surface area contributed by atoms with Gasteiger partial charge in [0.2, 0.25) is 0 Å². The molecule has 0 saturated carbocycles. The van der Waals surface area contributed by atoms with Crippen molar-refractivity contribution in [2.45, 2.75) is 33.1 Å². The molecule has 0 bridgehead atoms. The zero-order valence-corrected chi connectivity index (χ0v) is 18.2. The number of hydrogen-bond acceptors (Lipinski definition) is 2. The Morgan fingerprint density at radius 1 is 0.750 bits per heavy atom. The van der Waals surface area contributed by atoms with E-state index >= 15 is 0 Å². The van der Waals surface area contributed by atoms with Gasteiger partial charge in [0.05, 0.1) is 16.8 Å². The third kappa shape index (κ3) is 4.59. The van der Waals surface area contributed by atoms with Crippen LogP contribution in [0, 0.1) is 20.8 Å². The van der Waals surface area contributed by atoms with Crippen LogP contribution in [0.1, 0.15) is 27.8 Å². The van der Waals surface area contributed by atoms with Gasteiger partial charge in [-0.2, -0.15) is 26.3 Å². The molecule has 1 heterocycles. The van der Waals surface area contributed by atoms with E-state index in [1.807, 2.05) is 6.92 Å². The summed E-state index contributed by atoms with van der Waals surface area (Å²) in [5.41, 5.74) is -0.420. The second-order valence-electron chi connectivity index (χ2n) is 8.01. The average molecular weight is 452 g/mol. The van der Waals surface area contributed by atoms with E-state index in [2.05, 4.69) is 4.98 Å². The molecule has 0 atom stereocenters. The van der Waals surface area contributed by atoms with Crippen molar-refractivity contribution < 1.29 is 26.3 Å². The van der Waals surface area contributed by atoms with Crippen molar-refractivity contribution >= 4 is 5.69 Å². The van der Waals surface area contributed by atoms with Gasteiger partial charge in [0, 0.05) is 37.1 Å². The number of alkyl halides is 6. The molecule has 0 saturated heterocycles. The molecule has 3 rings (SSSR count). The minimum Gasteiger partial charge on any atom is -0.378 e. The molecule has 0 amide bonds. The van der Waals surface area contributed by atoms with Crippen molar-refractivity contribution in [3.05, 3.63) is 70.4 Å². The lowest BCUT2D eigenvalue weighted by molar-refractivity contribution is -0.142. The number of nitrogens with zero attached hydrogens (tertiary/aromatic N) is 2. The minimum atomic E-state index is -5.01. The fourth-order valence-electron chi connectivity index (χ4n) is 3.92. The Balaban J connectivity index is 2.53. The van der Waals surface area contributed by atoms with Gasteiger partial charge in [-0.05, 0) is 61.7 Å². The quantitative estimate of drug-likeness (QED) is 0.384. The van der Waals surface area contributed by atoms with Gasteiger partial charge in [-0.15, -0.1) is 0 Å². The van der Waals surface area contributed by atoms with E-state index in [1.165, 1.54) is 12.3 Å². The maximum Gasteiger partial charge on any atom is 0.417 e. The van der Waals surface area contributed by atoms with E-state index in [9.17, 15) is 26.3 Å². The Labute approximate surface area is 182 Å². The van der Waals surface area contributed by atoms with Gasteiger partial charge in [-0.1, -0.05) is 17.7 Å². The molecule has 1 aromatic heterocycles. The second-order valence-corrected chi connectivity index (χ2v) is 8.01. The molecule has 3 aromatic rings. The Morgan fingerprint density at radius 3 is 1.84 bits per heavy atom. The summed E-state index contributed by atoms with van der Waals surface area (Å²) in [5, 5.41) is 0. The van der Waals surface area contributed by atoms with Crippen molar-refractivity contribution in [1.29, 1.82) is 0 Å². The van der Waals surface area contributed by atoms with Gasteiger partial charge in [-0.3, -0.25) is 4.98 Å². The summed E-state index contributed by atoms with van der Waals surface area (Å²) < 4.78 is 83.3. The number of pyridine rings is 1. The van der Waals surface area contributed by atoms with Crippen molar-refractivity contribution in [2.24, 2.45) is 0 Å². The van der Waals surface area contributed by atoms with Crippen LogP contribution >= 0.6 is 0 Å².